The lowest BCUT2D eigenvalue weighted by molar-refractivity contribution is -0.116. The second kappa shape index (κ2) is 6.06. The van der Waals surface area contributed by atoms with Gasteiger partial charge >= 0.3 is 0 Å². The van der Waals surface area contributed by atoms with Crippen molar-refractivity contribution in [3.8, 4) is 0 Å². The highest BCUT2D eigenvalue weighted by molar-refractivity contribution is 6.09. The standard InChI is InChI=1S/C21H18N2O2/c1-14(24)23-12-11-16-13-17(9-10-20(16)23)21(25)22-19-8-4-6-15-5-2-3-7-18(15)19/h2-10,13H,11-12H2,1H3,(H,22,25). The Morgan fingerprint density at radius 3 is 2.64 bits per heavy atom. The van der Waals surface area contributed by atoms with Crippen LogP contribution in [0, 0.1) is 0 Å². The molecule has 25 heavy (non-hydrogen) atoms. The summed E-state index contributed by atoms with van der Waals surface area (Å²) in [6.07, 6.45) is 0.782. The summed E-state index contributed by atoms with van der Waals surface area (Å²) in [5.74, 6) is -0.105. The normalized spacial score (nSPS) is 12.9. The third-order valence-corrected chi connectivity index (χ3v) is 4.66. The van der Waals surface area contributed by atoms with E-state index < -0.39 is 0 Å². The fourth-order valence-electron chi connectivity index (χ4n) is 3.40. The highest BCUT2D eigenvalue weighted by Crippen LogP contribution is 2.29. The molecule has 124 valence electrons. The Bertz CT molecular complexity index is 989. The van der Waals surface area contributed by atoms with Crippen molar-refractivity contribution >= 4 is 34.0 Å². The minimum absolute atomic E-state index is 0.0340. The third-order valence-electron chi connectivity index (χ3n) is 4.66. The molecule has 0 radical (unpaired) electrons. The number of amides is 2. The quantitative estimate of drug-likeness (QED) is 0.772. The molecule has 0 fully saturated rings. The van der Waals surface area contributed by atoms with Gasteiger partial charge in [-0.15, -0.1) is 0 Å². The lowest BCUT2D eigenvalue weighted by Gasteiger charge is -2.15. The fourth-order valence-corrected chi connectivity index (χ4v) is 3.40. The van der Waals surface area contributed by atoms with Crippen LogP contribution in [0.3, 0.4) is 0 Å². The molecule has 1 aliphatic rings. The maximum Gasteiger partial charge on any atom is 0.255 e. The molecule has 4 heteroatoms. The molecule has 1 aliphatic heterocycles. The van der Waals surface area contributed by atoms with E-state index in [0.717, 1.165) is 34.1 Å². The average Bonchev–Trinajstić information content (AvgIpc) is 3.05. The van der Waals surface area contributed by atoms with E-state index in [1.807, 2.05) is 54.6 Å². The maximum atomic E-state index is 12.7. The summed E-state index contributed by atoms with van der Waals surface area (Å²) in [6, 6.07) is 19.4. The molecule has 3 aromatic rings. The van der Waals surface area contributed by atoms with Crippen LogP contribution in [0.5, 0.6) is 0 Å². The van der Waals surface area contributed by atoms with Crippen molar-refractivity contribution in [2.24, 2.45) is 0 Å². The first-order chi connectivity index (χ1) is 12.1. The monoisotopic (exact) mass is 330 g/mol. The molecule has 0 aromatic heterocycles. The van der Waals surface area contributed by atoms with Crippen LogP contribution in [0.2, 0.25) is 0 Å². The molecule has 0 spiro atoms. The van der Waals surface area contributed by atoms with E-state index in [0.29, 0.717) is 12.1 Å². The van der Waals surface area contributed by atoms with Gasteiger partial charge in [-0.05, 0) is 41.6 Å². The number of nitrogens with zero attached hydrogens (tertiary/aromatic N) is 1. The van der Waals surface area contributed by atoms with E-state index >= 15 is 0 Å². The smallest absolute Gasteiger partial charge is 0.255 e. The van der Waals surface area contributed by atoms with Crippen LogP contribution >= 0.6 is 0 Å². The molecular formula is C21H18N2O2. The van der Waals surface area contributed by atoms with Gasteiger partial charge in [-0.25, -0.2) is 0 Å². The van der Waals surface area contributed by atoms with Crippen LogP contribution in [0.25, 0.3) is 10.8 Å². The number of carbonyl (C=O) groups excluding carboxylic acids is 2. The number of carbonyl (C=O) groups is 2. The first kappa shape index (κ1) is 15.4. The molecule has 0 saturated heterocycles. The zero-order valence-electron chi connectivity index (χ0n) is 14.0. The number of nitrogens with one attached hydrogen (secondary N) is 1. The Hall–Kier alpha value is -3.14. The summed E-state index contributed by atoms with van der Waals surface area (Å²) in [5.41, 5.74) is 3.36. The first-order valence-electron chi connectivity index (χ1n) is 8.33. The van der Waals surface area contributed by atoms with Gasteiger partial charge < -0.3 is 10.2 Å². The van der Waals surface area contributed by atoms with Gasteiger partial charge in [-0.2, -0.15) is 0 Å². The summed E-state index contributed by atoms with van der Waals surface area (Å²) >= 11 is 0. The molecule has 4 nitrogen and oxygen atoms in total. The number of anilines is 2. The zero-order valence-corrected chi connectivity index (χ0v) is 14.0. The largest absolute Gasteiger partial charge is 0.321 e. The van der Waals surface area contributed by atoms with Gasteiger partial charge in [0.15, 0.2) is 0 Å². The van der Waals surface area contributed by atoms with Crippen LogP contribution in [0.15, 0.2) is 60.7 Å². The van der Waals surface area contributed by atoms with Crippen LogP contribution in [0.1, 0.15) is 22.8 Å². The SMILES string of the molecule is CC(=O)N1CCc2cc(C(=O)Nc3cccc4ccccc34)ccc21. The third kappa shape index (κ3) is 2.76. The van der Waals surface area contributed by atoms with E-state index in [4.69, 9.17) is 0 Å². The lowest BCUT2D eigenvalue weighted by atomic mass is 10.1. The summed E-state index contributed by atoms with van der Waals surface area (Å²) in [5, 5.41) is 5.11. The van der Waals surface area contributed by atoms with E-state index in [2.05, 4.69) is 5.32 Å². The predicted molar refractivity (Wildman–Crippen MR) is 100 cm³/mol. The fraction of sp³-hybridized carbons (Fsp3) is 0.143. The molecule has 0 aliphatic carbocycles. The van der Waals surface area contributed by atoms with Gasteiger partial charge in [0.25, 0.3) is 5.91 Å². The highest BCUT2D eigenvalue weighted by atomic mass is 16.2. The second-order valence-corrected chi connectivity index (χ2v) is 6.24. The highest BCUT2D eigenvalue weighted by Gasteiger charge is 2.23. The van der Waals surface area contributed by atoms with E-state index in [-0.39, 0.29) is 11.8 Å². The Morgan fingerprint density at radius 2 is 1.80 bits per heavy atom. The van der Waals surface area contributed by atoms with Crippen molar-refractivity contribution in [3.05, 3.63) is 71.8 Å². The molecule has 0 atom stereocenters. The van der Waals surface area contributed by atoms with Gasteiger partial charge in [-0.3, -0.25) is 9.59 Å². The van der Waals surface area contributed by atoms with E-state index in [1.165, 1.54) is 0 Å². The molecule has 1 N–H and O–H groups in total. The van der Waals surface area contributed by atoms with Crippen molar-refractivity contribution in [3.63, 3.8) is 0 Å². The van der Waals surface area contributed by atoms with Crippen molar-refractivity contribution in [1.82, 2.24) is 0 Å². The number of benzene rings is 3. The summed E-state index contributed by atoms with van der Waals surface area (Å²) in [4.78, 5) is 26.1. The molecular weight excluding hydrogens is 312 g/mol. The van der Waals surface area contributed by atoms with Crippen LogP contribution in [-0.2, 0) is 11.2 Å². The molecule has 4 rings (SSSR count). The Balaban J connectivity index is 1.63. The molecule has 1 heterocycles. The van der Waals surface area contributed by atoms with E-state index in [1.54, 1.807) is 17.9 Å². The topological polar surface area (TPSA) is 49.4 Å². The predicted octanol–water partition coefficient (Wildman–Crippen LogP) is 4.00. The van der Waals surface area contributed by atoms with Crippen LogP contribution < -0.4 is 10.2 Å². The van der Waals surface area contributed by atoms with Crippen molar-refractivity contribution < 1.29 is 9.59 Å². The van der Waals surface area contributed by atoms with Crippen molar-refractivity contribution in [2.45, 2.75) is 13.3 Å². The second-order valence-electron chi connectivity index (χ2n) is 6.24. The molecule has 3 aromatic carbocycles. The number of hydrogen-bond acceptors (Lipinski definition) is 2. The van der Waals surface area contributed by atoms with Gasteiger partial charge in [0.1, 0.15) is 0 Å². The first-order valence-corrected chi connectivity index (χ1v) is 8.33. The molecule has 0 bridgehead atoms. The average molecular weight is 330 g/mol. The van der Waals surface area contributed by atoms with Crippen LogP contribution in [0.4, 0.5) is 11.4 Å². The van der Waals surface area contributed by atoms with Crippen molar-refractivity contribution in [2.75, 3.05) is 16.8 Å². The number of fused-ring (bicyclic) bond motifs is 2. The maximum absolute atomic E-state index is 12.7. The van der Waals surface area contributed by atoms with Gasteiger partial charge in [0, 0.05) is 35.8 Å². The Morgan fingerprint density at radius 1 is 1.00 bits per heavy atom. The minimum Gasteiger partial charge on any atom is -0.321 e. The van der Waals surface area contributed by atoms with Gasteiger partial charge in [0.2, 0.25) is 5.91 Å². The van der Waals surface area contributed by atoms with Crippen LogP contribution in [-0.4, -0.2) is 18.4 Å². The van der Waals surface area contributed by atoms with Crippen molar-refractivity contribution in [1.29, 1.82) is 0 Å². The molecule has 0 unspecified atom stereocenters. The molecule has 2 amide bonds. The van der Waals surface area contributed by atoms with Gasteiger partial charge in [0.05, 0.1) is 0 Å². The number of hydrogen-bond donors (Lipinski definition) is 1. The Labute approximate surface area is 146 Å². The minimum atomic E-state index is -0.138. The summed E-state index contributed by atoms with van der Waals surface area (Å²) in [7, 11) is 0. The summed E-state index contributed by atoms with van der Waals surface area (Å²) in [6.45, 7) is 2.25. The molecule has 0 saturated carbocycles. The Kier molecular flexibility index (Phi) is 3.73. The van der Waals surface area contributed by atoms with E-state index in [9.17, 15) is 9.59 Å². The zero-order chi connectivity index (χ0) is 17.4. The number of rotatable bonds is 2. The lowest BCUT2D eigenvalue weighted by Crippen LogP contribution is -2.25. The summed E-state index contributed by atoms with van der Waals surface area (Å²) < 4.78 is 0. The van der Waals surface area contributed by atoms with Gasteiger partial charge in [-0.1, -0.05) is 36.4 Å².